The van der Waals surface area contributed by atoms with E-state index < -0.39 is 0 Å². The first-order chi connectivity index (χ1) is 13.8. The zero-order valence-corrected chi connectivity index (χ0v) is 15.8. The summed E-state index contributed by atoms with van der Waals surface area (Å²) in [4.78, 5) is 2.26. The molecule has 0 saturated carbocycles. The number of fused-ring (bicyclic) bond motifs is 2. The fraction of sp³-hybridized carbons (Fsp3) is 0.0370. The van der Waals surface area contributed by atoms with Gasteiger partial charge < -0.3 is 4.90 Å². The van der Waals surface area contributed by atoms with Crippen molar-refractivity contribution < 1.29 is 0 Å². The quantitative estimate of drug-likeness (QED) is 0.324. The van der Waals surface area contributed by atoms with Gasteiger partial charge in [-0.2, -0.15) is 0 Å². The SMILES string of the molecule is CN(c1ccc(-c2cccc3ccccc23)cc1)c1cccc2ccccc12. The van der Waals surface area contributed by atoms with Crippen molar-refractivity contribution in [3.8, 4) is 11.1 Å². The molecular weight excluding hydrogens is 338 g/mol. The first-order valence-corrected chi connectivity index (χ1v) is 9.61. The molecule has 0 unspecified atom stereocenters. The smallest absolute Gasteiger partial charge is 0.0487 e. The van der Waals surface area contributed by atoms with Crippen molar-refractivity contribution in [3.05, 3.63) is 109 Å². The summed E-state index contributed by atoms with van der Waals surface area (Å²) in [6, 6.07) is 38.9. The van der Waals surface area contributed by atoms with Crippen molar-refractivity contribution in [1.29, 1.82) is 0 Å². The Balaban J connectivity index is 1.54. The van der Waals surface area contributed by atoms with Gasteiger partial charge in [-0.15, -0.1) is 0 Å². The Morgan fingerprint density at radius 2 is 1.07 bits per heavy atom. The first-order valence-electron chi connectivity index (χ1n) is 9.61. The van der Waals surface area contributed by atoms with Gasteiger partial charge in [0.1, 0.15) is 0 Å². The first kappa shape index (κ1) is 16.6. The van der Waals surface area contributed by atoms with Crippen LogP contribution in [0.3, 0.4) is 0 Å². The molecule has 0 heterocycles. The highest BCUT2D eigenvalue weighted by molar-refractivity contribution is 5.98. The fourth-order valence-corrected chi connectivity index (χ4v) is 3.98. The van der Waals surface area contributed by atoms with Crippen LogP contribution in [0.1, 0.15) is 0 Å². The normalized spacial score (nSPS) is 11.0. The summed E-state index contributed by atoms with van der Waals surface area (Å²) < 4.78 is 0. The second-order valence-corrected chi connectivity index (χ2v) is 7.13. The van der Waals surface area contributed by atoms with Gasteiger partial charge in [0.2, 0.25) is 0 Å². The van der Waals surface area contributed by atoms with Crippen LogP contribution in [0.15, 0.2) is 109 Å². The molecule has 134 valence electrons. The zero-order valence-electron chi connectivity index (χ0n) is 15.8. The summed E-state index contributed by atoms with van der Waals surface area (Å²) in [7, 11) is 2.13. The summed E-state index contributed by atoms with van der Waals surface area (Å²) in [6.07, 6.45) is 0. The molecule has 0 radical (unpaired) electrons. The third-order valence-corrected chi connectivity index (χ3v) is 5.48. The Labute approximate surface area is 165 Å². The lowest BCUT2D eigenvalue weighted by Crippen LogP contribution is -2.09. The molecule has 5 rings (SSSR count). The Bertz CT molecular complexity index is 1260. The van der Waals surface area contributed by atoms with Gasteiger partial charge in [0.15, 0.2) is 0 Å². The van der Waals surface area contributed by atoms with Crippen molar-refractivity contribution >= 4 is 32.9 Å². The molecule has 0 aliphatic carbocycles. The topological polar surface area (TPSA) is 3.24 Å². The Morgan fingerprint density at radius 3 is 1.82 bits per heavy atom. The Morgan fingerprint density at radius 1 is 0.500 bits per heavy atom. The van der Waals surface area contributed by atoms with E-state index in [1.807, 2.05) is 0 Å². The summed E-state index contributed by atoms with van der Waals surface area (Å²) >= 11 is 0. The van der Waals surface area contributed by atoms with Crippen LogP contribution in [-0.4, -0.2) is 7.05 Å². The average molecular weight is 359 g/mol. The van der Waals surface area contributed by atoms with Gasteiger partial charge in [0.05, 0.1) is 0 Å². The van der Waals surface area contributed by atoms with Crippen LogP contribution in [0.25, 0.3) is 32.7 Å². The van der Waals surface area contributed by atoms with E-state index in [1.54, 1.807) is 0 Å². The van der Waals surface area contributed by atoms with Crippen LogP contribution < -0.4 is 4.90 Å². The molecule has 0 aliphatic heterocycles. The molecule has 0 saturated heterocycles. The standard InChI is InChI=1S/C27H21N/c1-28(27-15-7-11-21-9-3-5-13-26(21)27)23-18-16-22(17-19-23)25-14-6-10-20-8-2-4-12-24(20)25/h2-19H,1H3. The van der Waals surface area contributed by atoms with E-state index >= 15 is 0 Å². The van der Waals surface area contributed by atoms with Gasteiger partial charge in [-0.25, -0.2) is 0 Å². The second kappa shape index (κ2) is 6.86. The average Bonchev–Trinajstić information content (AvgIpc) is 2.78. The number of hydrogen-bond acceptors (Lipinski definition) is 1. The van der Waals surface area contributed by atoms with Crippen molar-refractivity contribution in [2.24, 2.45) is 0 Å². The maximum absolute atomic E-state index is 2.26. The number of nitrogens with zero attached hydrogens (tertiary/aromatic N) is 1. The number of anilines is 2. The van der Waals surface area contributed by atoms with E-state index in [1.165, 1.54) is 44.0 Å². The van der Waals surface area contributed by atoms with E-state index in [-0.39, 0.29) is 0 Å². The highest BCUT2D eigenvalue weighted by Crippen LogP contribution is 2.33. The van der Waals surface area contributed by atoms with Crippen LogP contribution in [0, 0.1) is 0 Å². The number of benzene rings is 5. The van der Waals surface area contributed by atoms with E-state index in [0.29, 0.717) is 0 Å². The summed E-state index contributed by atoms with van der Waals surface area (Å²) in [5, 5.41) is 5.10. The molecule has 1 nitrogen and oxygen atoms in total. The Kier molecular flexibility index (Phi) is 4.06. The third kappa shape index (κ3) is 2.82. The minimum absolute atomic E-state index is 1.18. The van der Waals surface area contributed by atoms with Crippen LogP contribution in [0.4, 0.5) is 11.4 Å². The van der Waals surface area contributed by atoms with Crippen molar-refractivity contribution in [2.45, 2.75) is 0 Å². The molecule has 0 spiro atoms. The van der Waals surface area contributed by atoms with Gasteiger partial charge in [0, 0.05) is 23.8 Å². The lowest BCUT2D eigenvalue weighted by Gasteiger charge is -2.22. The molecule has 5 aromatic carbocycles. The van der Waals surface area contributed by atoms with Crippen molar-refractivity contribution in [3.63, 3.8) is 0 Å². The molecular formula is C27H21N. The number of hydrogen-bond donors (Lipinski definition) is 0. The summed E-state index contributed by atoms with van der Waals surface area (Å²) in [5.41, 5.74) is 4.92. The third-order valence-electron chi connectivity index (χ3n) is 5.48. The van der Waals surface area contributed by atoms with Crippen LogP contribution in [0.5, 0.6) is 0 Å². The highest BCUT2D eigenvalue weighted by Gasteiger charge is 2.09. The maximum Gasteiger partial charge on any atom is 0.0487 e. The molecule has 0 fully saturated rings. The predicted octanol–water partition coefficient (Wildman–Crippen LogP) is 7.43. The molecule has 5 aromatic rings. The highest BCUT2D eigenvalue weighted by atomic mass is 15.1. The van der Waals surface area contributed by atoms with Crippen LogP contribution >= 0.6 is 0 Å². The number of rotatable bonds is 3. The van der Waals surface area contributed by atoms with Crippen molar-refractivity contribution in [1.82, 2.24) is 0 Å². The van der Waals surface area contributed by atoms with E-state index in [0.717, 1.165) is 0 Å². The van der Waals surface area contributed by atoms with Gasteiger partial charge in [-0.3, -0.25) is 0 Å². The monoisotopic (exact) mass is 359 g/mol. The van der Waals surface area contributed by atoms with Gasteiger partial charge in [0.25, 0.3) is 0 Å². The van der Waals surface area contributed by atoms with E-state index in [9.17, 15) is 0 Å². The summed E-state index contributed by atoms with van der Waals surface area (Å²) in [5.74, 6) is 0. The minimum Gasteiger partial charge on any atom is -0.344 e. The van der Waals surface area contributed by atoms with E-state index in [2.05, 4.69) is 121 Å². The van der Waals surface area contributed by atoms with Gasteiger partial charge >= 0.3 is 0 Å². The Hall–Kier alpha value is -3.58. The van der Waals surface area contributed by atoms with Gasteiger partial charge in [-0.05, 0) is 45.5 Å². The fourth-order valence-electron chi connectivity index (χ4n) is 3.98. The summed E-state index contributed by atoms with van der Waals surface area (Å²) in [6.45, 7) is 0. The van der Waals surface area contributed by atoms with Crippen LogP contribution in [0.2, 0.25) is 0 Å². The largest absolute Gasteiger partial charge is 0.344 e. The molecule has 0 N–H and O–H groups in total. The van der Waals surface area contributed by atoms with Crippen molar-refractivity contribution in [2.75, 3.05) is 11.9 Å². The molecule has 28 heavy (non-hydrogen) atoms. The van der Waals surface area contributed by atoms with Crippen LogP contribution in [-0.2, 0) is 0 Å². The second-order valence-electron chi connectivity index (χ2n) is 7.13. The van der Waals surface area contributed by atoms with E-state index in [4.69, 9.17) is 0 Å². The molecule has 0 aliphatic rings. The maximum atomic E-state index is 2.26. The zero-order chi connectivity index (χ0) is 18.9. The molecule has 1 heteroatoms. The molecule has 0 bridgehead atoms. The molecule has 0 atom stereocenters. The molecule has 0 amide bonds. The minimum atomic E-state index is 1.18. The molecule has 0 aromatic heterocycles. The van der Waals surface area contributed by atoms with Gasteiger partial charge in [-0.1, -0.05) is 91.0 Å². The lowest BCUT2D eigenvalue weighted by molar-refractivity contribution is 1.22. The predicted molar refractivity (Wildman–Crippen MR) is 121 cm³/mol. The lowest BCUT2D eigenvalue weighted by atomic mass is 9.98.